The molecule has 0 bridgehead atoms. The van der Waals surface area contributed by atoms with Crippen molar-refractivity contribution in [3.05, 3.63) is 28.8 Å². The molecule has 0 fully saturated rings. The molecule has 1 rings (SSSR count). The molecule has 16 heavy (non-hydrogen) atoms. The number of alkyl halides is 3. The molecule has 1 N–H and O–H groups in total. The zero-order valence-corrected chi connectivity index (χ0v) is 8.09. The fourth-order valence-electron chi connectivity index (χ4n) is 1.14. The standard InChI is InChI=1S/C10H6F3NO2/c1-5(15)6-2-7(4-14)9(16)8(3-6)10(11,12)13/h2-3,16H,1H3. The quantitative estimate of drug-likeness (QED) is 0.752. The monoisotopic (exact) mass is 229 g/mol. The number of halogens is 3. The van der Waals surface area contributed by atoms with Crippen LogP contribution in [-0.2, 0) is 6.18 Å². The molecule has 1 aromatic carbocycles. The van der Waals surface area contributed by atoms with Crippen LogP contribution in [-0.4, -0.2) is 10.9 Å². The molecule has 0 saturated carbocycles. The summed E-state index contributed by atoms with van der Waals surface area (Å²) in [5.41, 5.74) is -2.21. The minimum atomic E-state index is -4.80. The fraction of sp³-hybridized carbons (Fsp3) is 0.200. The summed E-state index contributed by atoms with van der Waals surface area (Å²) in [5.74, 6) is -1.76. The number of phenols is 1. The van der Waals surface area contributed by atoms with Crippen LogP contribution in [0.5, 0.6) is 5.75 Å². The summed E-state index contributed by atoms with van der Waals surface area (Å²) in [6, 6.07) is 2.85. The van der Waals surface area contributed by atoms with Crippen LogP contribution in [0.1, 0.15) is 28.4 Å². The highest BCUT2D eigenvalue weighted by atomic mass is 19.4. The minimum absolute atomic E-state index is 0.262. The Morgan fingerprint density at radius 1 is 1.44 bits per heavy atom. The molecule has 0 aliphatic rings. The van der Waals surface area contributed by atoms with Crippen LogP contribution in [0.4, 0.5) is 13.2 Å². The van der Waals surface area contributed by atoms with Crippen LogP contribution in [0.15, 0.2) is 12.1 Å². The summed E-state index contributed by atoms with van der Waals surface area (Å²) in [4.78, 5) is 10.9. The van der Waals surface area contributed by atoms with Crippen molar-refractivity contribution < 1.29 is 23.1 Å². The number of rotatable bonds is 1. The lowest BCUT2D eigenvalue weighted by Gasteiger charge is -2.11. The summed E-state index contributed by atoms with van der Waals surface area (Å²) in [5, 5.41) is 17.7. The molecule has 0 unspecified atom stereocenters. The number of carbonyl (C=O) groups excluding carboxylic acids is 1. The van der Waals surface area contributed by atoms with Gasteiger partial charge in [0.15, 0.2) is 5.78 Å². The molecular formula is C10H6F3NO2. The van der Waals surface area contributed by atoms with Crippen molar-refractivity contribution in [3.63, 3.8) is 0 Å². The van der Waals surface area contributed by atoms with E-state index in [-0.39, 0.29) is 5.56 Å². The molecule has 6 heteroatoms. The van der Waals surface area contributed by atoms with E-state index >= 15 is 0 Å². The van der Waals surface area contributed by atoms with Gasteiger partial charge >= 0.3 is 6.18 Å². The van der Waals surface area contributed by atoms with Crippen LogP contribution in [0, 0.1) is 11.3 Å². The topological polar surface area (TPSA) is 61.1 Å². The third-order valence-electron chi connectivity index (χ3n) is 1.94. The molecule has 0 radical (unpaired) electrons. The maximum absolute atomic E-state index is 12.4. The van der Waals surface area contributed by atoms with Crippen molar-refractivity contribution in [2.45, 2.75) is 13.1 Å². The summed E-state index contributed by atoms with van der Waals surface area (Å²) in [7, 11) is 0. The Hall–Kier alpha value is -2.03. The molecule has 1 aromatic rings. The Balaban J connectivity index is 3.56. The van der Waals surface area contributed by atoms with Crippen molar-refractivity contribution in [1.29, 1.82) is 5.26 Å². The van der Waals surface area contributed by atoms with Gasteiger partial charge in [-0.2, -0.15) is 18.4 Å². The van der Waals surface area contributed by atoms with E-state index in [1.807, 2.05) is 0 Å². The van der Waals surface area contributed by atoms with E-state index in [0.717, 1.165) is 13.0 Å². The SMILES string of the molecule is CC(=O)c1cc(C#N)c(O)c(C(F)(F)F)c1. The molecule has 0 spiro atoms. The second-order valence-electron chi connectivity index (χ2n) is 3.09. The van der Waals surface area contributed by atoms with Crippen molar-refractivity contribution in [1.82, 2.24) is 0 Å². The second kappa shape index (κ2) is 3.85. The van der Waals surface area contributed by atoms with Gasteiger partial charge in [-0.05, 0) is 19.1 Å². The highest BCUT2D eigenvalue weighted by Gasteiger charge is 2.35. The predicted molar refractivity (Wildman–Crippen MR) is 47.8 cm³/mol. The number of hydrogen-bond donors (Lipinski definition) is 1. The molecule has 0 atom stereocenters. The van der Waals surface area contributed by atoms with Crippen LogP contribution >= 0.6 is 0 Å². The lowest BCUT2D eigenvalue weighted by molar-refractivity contribution is -0.138. The Morgan fingerprint density at radius 2 is 2.00 bits per heavy atom. The maximum atomic E-state index is 12.4. The first-order valence-corrected chi connectivity index (χ1v) is 4.12. The fourth-order valence-corrected chi connectivity index (χ4v) is 1.14. The largest absolute Gasteiger partial charge is 0.506 e. The molecule has 0 aromatic heterocycles. The van der Waals surface area contributed by atoms with Crippen LogP contribution in [0.25, 0.3) is 0 Å². The van der Waals surface area contributed by atoms with Crippen LogP contribution in [0.2, 0.25) is 0 Å². The number of benzene rings is 1. The first kappa shape index (κ1) is 12.0. The smallest absolute Gasteiger partial charge is 0.420 e. The maximum Gasteiger partial charge on any atom is 0.420 e. The summed E-state index contributed by atoms with van der Waals surface area (Å²) in [6.45, 7) is 1.08. The summed E-state index contributed by atoms with van der Waals surface area (Å²) in [6.07, 6.45) is -4.80. The van der Waals surface area contributed by atoms with Crippen molar-refractivity contribution >= 4 is 5.78 Å². The zero-order chi connectivity index (χ0) is 12.5. The molecule has 0 aliphatic carbocycles. The Bertz CT molecular complexity index is 486. The number of hydrogen-bond acceptors (Lipinski definition) is 3. The van der Waals surface area contributed by atoms with Gasteiger partial charge in [-0.25, -0.2) is 0 Å². The molecular weight excluding hydrogens is 223 g/mol. The number of Topliss-reactive ketones (excluding diaryl/α,β-unsaturated/α-hetero) is 1. The van der Waals surface area contributed by atoms with Crippen LogP contribution < -0.4 is 0 Å². The second-order valence-corrected chi connectivity index (χ2v) is 3.09. The highest BCUT2D eigenvalue weighted by molar-refractivity contribution is 5.95. The van der Waals surface area contributed by atoms with E-state index in [0.29, 0.717) is 6.07 Å². The van der Waals surface area contributed by atoms with Crippen molar-refractivity contribution in [2.75, 3.05) is 0 Å². The van der Waals surface area contributed by atoms with E-state index in [1.54, 1.807) is 0 Å². The Kier molecular flexibility index (Phi) is 2.90. The van der Waals surface area contributed by atoms with Gasteiger partial charge in [0.25, 0.3) is 0 Å². The van der Waals surface area contributed by atoms with Gasteiger partial charge in [0.1, 0.15) is 11.8 Å². The lowest BCUT2D eigenvalue weighted by atomic mass is 10.0. The van der Waals surface area contributed by atoms with E-state index in [2.05, 4.69) is 0 Å². The van der Waals surface area contributed by atoms with Gasteiger partial charge in [-0.3, -0.25) is 4.79 Å². The molecule has 84 valence electrons. The first-order chi connectivity index (χ1) is 7.27. The Labute approximate surface area is 88.7 Å². The third kappa shape index (κ3) is 2.14. The van der Waals surface area contributed by atoms with Gasteiger partial charge in [0, 0.05) is 5.56 Å². The molecule has 0 aliphatic heterocycles. The number of nitrogens with zero attached hydrogens (tertiary/aromatic N) is 1. The molecule has 0 amide bonds. The summed E-state index contributed by atoms with van der Waals surface area (Å²) < 4.78 is 37.3. The van der Waals surface area contributed by atoms with Gasteiger partial charge in [0.2, 0.25) is 0 Å². The predicted octanol–water partition coefficient (Wildman–Crippen LogP) is 2.49. The average molecular weight is 229 g/mol. The van der Waals surface area contributed by atoms with Crippen LogP contribution in [0.3, 0.4) is 0 Å². The average Bonchev–Trinajstić information content (AvgIpc) is 2.15. The minimum Gasteiger partial charge on any atom is -0.506 e. The molecule has 3 nitrogen and oxygen atoms in total. The van der Waals surface area contributed by atoms with Gasteiger partial charge < -0.3 is 5.11 Å². The highest BCUT2D eigenvalue weighted by Crippen LogP contribution is 2.38. The number of nitriles is 1. The van der Waals surface area contributed by atoms with Gasteiger partial charge in [-0.1, -0.05) is 0 Å². The normalized spacial score (nSPS) is 10.9. The van der Waals surface area contributed by atoms with Crippen molar-refractivity contribution in [3.8, 4) is 11.8 Å². The Morgan fingerprint density at radius 3 is 2.38 bits per heavy atom. The number of aromatic hydroxyl groups is 1. The van der Waals surface area contributed by atoms with E-state index in [4.69, 9.17) is 5.26 Å². The third-order valence-corrected chi connectivity index (χ3v) is 1.94. The molecule has 0 saturated heterocycles. The van der Waals surface area contributed by atoms with Gasteiger partial charge in [0.05, 0.1) is 11.1 Å². The molecule has 0 heterocycles. The van der Waals surface area contributed by atoms with Gasteiger partial charge in [-0.15, -0.1) is 0 Å². The first-order valence-electron chi connectivity index (χ1n) is 4.12. The van der Waals surface area contributed by atoms with Crippen molar-refractivity contribution in [2.24, 2.45) is 0 Å². The lowest BCUT2D eigenvalue weighted by Crippen LogP contribution is -2.08. The summed E-state index contributed by atoms with van der Waals surface area (Å²) >= 11 is 0. The van der Waals surface area contributed by atoms with E-state index < -0.39 is 28.8 Å². The number of carbonyl (C=O) groups is 1. The number of phenolic OH excluding ortho intramolecular Hbond substituents is 1. The number of ketones is 1. The van der Waals surface area contributed by atoms with E-state index in [1.165, 1.54) is 6.07 Å². The van der Waals surface area contributed by atoms with E-state index in [9.17, 15) is 23.1 Å². The zero-order valence-electron chi connectivity index (χ0n) is 8.09.